The van der Waals surface area contributed by atoms with Crippen LogP contribution in [0.4, 0.5) is 11.4 Å². The molecule has 1 unspecified atom stereocenters. The molecule has 0 radical (unpaired) electrons. The van der Waals surface area contributed by atoms with E-state index in [0.29, 0.717) is 25.9 Å². The lowest BCUT2D eigenvalue weighted by molar-refractivity contribution is -0.384. The van der Waals surface area contributed by atoms with Gasteiger partial charge < -0.3 is 14.8 Å². The molecule has 6 rings (SSSR count). The van der Waals surface area contributed by atoms with Crippen LogP contribution in [0.3, 0.4) is 0 Å². The largest absolute Gasteiger partial charge is 0.366 e. The topological polar surface area (TPSA) is 132 Å². The Bertz CT molecular complexity index is 1400. The van der Waals surface area contributed by atoms with Crippen molar-refractivity contribution in [3.63, 3.8) is 0 Å². The third kappa shape index (κ3) is 3.72. The molecule has 2 saturated heterocycles. The van der Waals surface area contributed by atoms with Gasteiger partial charge in [-0.05, 0) is 42.9 Å². The zero-order valence-electron chi connectivity index (χ0n) is 19.0. The summed E-state index contributed by atoms with van der Waals surface area (Å²) in [4.78, 5) is 39.4. The Morgan fingerprint density at radius 1 is 1.17 bits per heavy atom. The average Bonchev–Trinajstić information content (AvgIpc) is 3.16. The van der Waals surface area contributed by atoms with Gasteiger partial charge in [0, 0.05) is 60.7 Å². The molecule has 10 nitrogen and oxygen atoms in total. The highest BCUT2D eigenvalue weighted by Gasteiger charge is 2.49. The number of carbonyl (C=O) groups excluding carboxylic acids is 1. The summed E-state index contributed by atoms with van der Waals surface area (Å²) in [7, 11) is -3.15. The molecule has 0 spiro atoms. The third-order valence-corrected chi connectivity index (χ3v) is 9.89. The van der Waals surface area contributed by atoms with Gasteiger partial charge in [0.05, 0.1) is 22.3 Å². The second-order valence-electron chi connectivity index (χ2n) is 10.2. The fourth-order valence-corrected chi connectivity index (χ4v) is 8.34. The van der Waals surface area contributed by atoms with Crippen molar-refractivity contribution < 1.29 is 18.1 Å². The van der Waals surface area contributed by atoms with Crippen LogP contribution in [-0.4, -0.2) is 53.9 Å². The average molecular weight is 499 g/mol. The number of aromatic nitrogens is 1. The van der Waals surface area contributed by atoms with Crippen molar-refractivity contribution in [2.24, 2.45) is 11.8 Å². The van der Waals surface area contributed by atoms with Crippen LogP contribution in [0.2, 0.25) is 0 Å². The third-order valence-electron chi connectivity index (χ3n) is 8.12. The molecular weight excluding hydrogens is 472 g/mol. The summed E-state index contributed by atoms with van der Waals surface area (Å²) in [5.74, 6) is -0.548. The normalized spacial score (nSPS) is 30.1. The minimum atomic E-state index is -3.15. The van der Waals surface area contributed by atoms with E-state index in [1.54, 1.807) is 24.3 Å². The predicted octanol–water partition coefficient (Wildman–Crippen LogP) is 1.22. The maximum atomic E-state index is 13.6. The number of sulfone groups is 1. The number of rotatable bonds is 3. The zero-order chi connectivity index (χ0) is 24.5. The van der Waals surface area contributed by atoms with Crippen molar-refractivity contribution in [2.45, 2.75) is 43.8 Å². The first-order valence-corrected chi connectivity index (χ1v) is 13.8. The highest BCUT2D eigenvalue weighted by atomic mass is 32.2. The molecule has 0 saturated carbocycles. The minimum Gasteiger partial charge on any atom is -0.366 e. The van der Waals surface area contributed by atoms with Crippen molar-refractivity contribution in [1.82, 2.24) is 9.88 Å². The van der Waals surface area contributed by atoms with Gasteiger partial charge in [0.15, 0.2) is 9.84 Å². The Hall–Kier alpha value is -3.21. The number of non-ortho nitro benzene ring substituents is 1. The molecule has 2 fully saturated rings. The lowest BCUT2D eigenvalue weighted by atomic mass is 9.70. The van der Waals surface area contributed by atoms with Crippen LogP contribution in [0.5, 0.6) is 0 Å². The zero-order valence-corrected chi connectivity index (χ0v) is 19.8. The molecule has 35 heavy (non-hydrogen) atoms. The van der Waals surface area contributed by atoms with E-state index in [9.17, 15) is 28.1 Å². The number of piperidine rings is 1. The maximum absolute atomic E-state index is 13.6. The number of pyridine rings is 1. The SMILES string of the molecule is O=C(NC1CCS(=O)(=O)C1)[C@@H]1Cc2cc([N+](=O)[O-])ccc2N2C[C@H]3C[C@@H](Cn4c3cccc4=O)[C@@H]12. The summed E-state index contributed by atoms with van der Waals surface area (Å²) in [6.45, 7) is 1.12. The summed E-state index contributed by atoms with van der Waals surface area (Å²) in [5.41, 5.74) is 2.57. The number of amides is 1. The van der Waals surface area contributed by atoms with Crippen molar-refractivity contribution in [2.75, 3.05) is 23.0 Å². The second kappa shape index (κ2) is 7.91. The molecule has 2 aromatic rings. The van der Waals surface area contributed by atoms with Gasteiger partial charge in [0.1, 0.15) is 0 Å². The number of nitro groups is 1. The smallest absolute Gasteiger partial charge is 0.269 e. The van der Waals surface area contributed by atoms with E-state index in [1.165, 1.54) is 6.07 Å². The van der Waals surface area contributed by atoms with Gasteiger partial charge in [-0.25, -0.2) is 8.42 Å². The number of carbonyl (C=O) groups is 1. The van der Waals surface area contributed by atoms with E-state index in [2.05, 4.69) is 10.2 Å². The van der Waals surface area contributed by atoms with Gasteiger partial charge in [-0.1, -0.05) is 6.07 Å². The Kier molecular flexibility index (Phi) is 5.03. The van der Waals surface area contributed by atoms with E-state index in [0.717, 1.165) is 23.4 Å². The summed E-state index contributed by atoms with van der Waals surface area (Å²) < 4.78 is 25.7. The molecule has 1 aromatic carbocycles. The van der Waals surface area contributed by atoms with Gasteiger partial charge in [-0.15, -0.1) is 0 Å². The number of benzene rings is 1. The highest BCUT2D eigenvalue weighted by molar-refractivity contribution is 7.91. The Balaban J connectivity index is 1.39. The Morgan fingerprint density at radius 3 is 2.74 bits per heavy atom. The number of fused-ring (bicyclic) bond motifs is 8. The Labute approximate surface area is 202 Å². The second-order valence-corrected chi connectivity index (χ2v) is 12.5. The van der Waals surface area contributed by atoms with E-state index in [4.69, 9.17) is 0 Å². The lowest BCUT2D eigenvalue weighted by Crippen LogP contribution is -2.61. The molecule has 5 atom stereocenters. The molecule has 4 aliphatic rings. The van der Waals surface area contributed by atoms with E-state index in [-0.39, 0.29) is 46.5 Å². The van der Waals surface area contributed by atoms with Crippen LogP contribution in [0.15, 0.2) is 41.2 Å². The minimum absolute atomic E-state index is 0.0163. The lowest BCUT2D eigenvalue weighted by Gasteiger charge is -2.54. The van der Waals surface area contributed by atoms with Gasteiger partial charge in [0.2, 0.25) is 5.91 Å². The highest BCUT2D eigenvalue weighted by Crippen LogP contribution is 2.47. The first-order chi connectivity index (χ1) is 16.7. The van der Waals surface area contributed by atoms with Crippen molar-refractivity contribution in [1.29, 1.82) is 0 Å². The molecule has 5 heterocycles. The first kappa shape index (κ1) is 22.3. The van der Waals surface area contributed by atoms with Crippen molar-refractivity contribution in [3.05, 3.63) is 68.1 Å². The molecule has 2 bridgehead atoms. The molecular formula is C24H26N4O6S. The Morgan fingerprint density at radius 2 is 2.00 bits per heavy atom. The van der Waals surface area contributed by atoms with Crippen LogP contribution in [0.1, 0.15) is 30.0 Å². The fraction of sp³-hybridized carbons (Fsp3) is 0.500. The number of anilines is 1. The number of nitro benzene ring substituents is 1. The van der Waals surface area contributed by atoms with E-state index in [1.807, 2.05) is 10.6 Å². The number of hydrogen-bond donors (Lipinski definition) is 1. The molecule has 1 aromatic heterocycles. The van der Waals surface area contributed by atoms with E-state index < -0.39 is 26.7 Å². The summed E-state index contributed by atoms with van der Waals surface area (Å²) in [6, 6.07) is 9.54. The van der Waals surface area contributed by atoms with Gasteiger partial charge in [-0.2, -0.15) is 0 Å². The summed E-state index contributed by atoms with van der Waals surface area (Å²) in [5, 5.41) is 14.4. The predicted molar refractivity (Wildman–Crippen MR) is 128 cm³/mol. The van der Waals surface area contributed by atoms with Crippen LogP contribution in [0, 0.1) is 22.0 Å². The summed E-state index contributed by atoms with van der Waals surface area (Å²) in [6.07, 6.45) is 1.58. The van der Waals surface area contributed by atoms with E-state index >= 15 is 0 Å². The fourth-order valence-electron chi connectivity index (χ4n) is 6.67. The van der Waals surface area contributed by atoms with Gasteiger partial charge >= 0.3 is 0 Å². The van der Waals surface area contributed by atoms with Crippen LogP contribution in [0.25, 0.3) is 0 Å². The molecule has 11 heteroatoms. The summed E-state index contributed by atoms with van der Waals surface area (Å²) >= 11 is 0. The molecule has 1 amide bonds. The molecule has 4 aliphatic heterocycles. The van der Waals surface area contributed by atoms with Gasteiger partial charge in [0.25, 0.3) is 11.2 Å². The maximum Gasteiger partial charge on any atom is 0.269 e. The van der Waals surface area contributed by atoms with Crippen molar-refractivity contribution >= 4 is 27.1 Å². The standard InChI is InChI=1S/C24H26N4O6S/c29-22-3-1-2-20-15-8-16(12-26(20)22)23-19(24(30)25-17-6-7-35(33,34)13-17)10-14-9-18(28(31)32)4-5-21(14)27(23)11-15/h1-5,9,15-17,19,23H,6-8,10-13H2,(H,25,30)/t15-,16+,17?,19-,23+/m1/s1. The van der Waals surface area contributed by atoms with Crippen LogP contribution < -0.4 is 15.8 Å². The van der Waals surface area contributed by atoms with Crippen molar-refractivity contribution in [3.8, 4) is 0 Å². The molecule has 0 aliphatic carbocycles. The monoisotopic (exact) mass is 498 g/mol. The molecule has 184 valence electrons. The quantitative estimate of drug-likeness (QED) is 0.497. The van der Waals surface area contributed by atoms with Crippen LogP contribution in [-0.2, 0) is 27.6 Å². The number of nitrogens with zero attached hydrogens (tertiary/aromatic N) is 3. The molecule has 1 N–H and O–H groups in total. The van der Waals surface area contributed by atoms with Crippen LogP contribution >= 0.6 is 0 Å². The first-order valence-electron chi connectivity index (χ1n) is 11.9. The van der Waals surface area contributed by atoms with Gasteiger partial charge in [-0.3, -0.25) is 19.7 Å². The number of hydrogen-bond acceptors (Lipinski definition) is 7. The number of nitrogens with one attached hydrogen (secondary N) is 1.